The Morgan fingerprint density at radius 3 is 2.82 bits per heavy atom. The number of amides is 1. The first-order valence-electron chi connectivity index (χ1n) is 5.12. The van der Waals surface area contributed by atoms with Crippen LogP contribution in [0.25, 0.3) is 0 Å². The second-order valence-corrected chi connectivity index (χ2v) is 4.37. The Balaban J connectivity index is 2.81. The van der Waals surface area contributed by atoms with Crippen molar-refractivity contribution in [1.82, 2.24) is 4.90 Å². The van der Waals surface area contributed by atoms with Gasteiger partial charge in [0.2, 0.25) is 0 Å². The summed E-state index contributed by atoms with van der Waals surface area (Å²) in [4.78, 5) is 23.6. The predicted molar refractivity (Wildman–Crippen MR) is 68.5 cm³/mol. The fourth-order valence-corrected chi connectivity index (χ4v) is 1.62. The smallest absolute Gasteiger partial charge is 0.270 e. The average molecular weight is 301 g/mol. The molecule has 1 rings (SSSR count). The number of nitro benzene ring substituents is 1. The van der Waals surface area contributed by atoms with E-state index in [1.165, 1.54) is 18.2 Å². The van der Waals surface area contributed by atoms with Gasteiger partial charge in [-0.2, -0.15) is 0 Å². The second-order valence-electron chi connectivity index (χ2n) is 3.58. The van der Waals surface area contributed by atoms with Crippen molar-refractivity contribution in [3.05, 3.63) is 39.9 Å². The molecule has 0 aliphatic carbocycles. The van der Waals surface area contributed by atoms with Gasteiger partial charge in [-0.3, -0.25) is 14.9 Å². The zero-order valence-corrected chi connectivity index (χ0v) is 11.0. The first-order valence-corrected chi connectivity index (χ1v) is 6.24. The Morgan fingerprint density at radius 2 is 2.24 bits per heavy atom. The van der Waals surface area contributed by atoms with E-state index < -0.39 is 4.92 Å². The van der Waals surface area contributed by atoms with Crippen LogP contribution in [-0.4, -0.2) is 34.7 Å². The molecule has 0 radical (unpaired) electrons. The lowest BCUT2D eigenvalue weighted by atomic mass is 10.2. The van der Waals surface area contributed by atoms with E-state index in [0.717, 1.165) is 11.8 Å². The van der Waals surface area contributed by atoms with Crippen LogP contribution in [0, 0.1) is 10.1 Å². The normalized spacial score (nSPS) is 10.0. The monoisotopic (exact) mass is 300 g/mol. The first kappa shape index (κ1) is 13.6. The van der Waals surface area contributed by atoms with Crippen LogP contribution < -0.4 is 0 Å². The highest BCUT2D eigenvalue weighted by Gasteiger charge is 2.14. The maximum absolute atomic E-state index is 11.9. The number of halogens is 1. The highest BCUT2D eigenvalue weighted by molar-refractivity contribution is 9.09. The van der Waals surface area contributed by atoms with Crippen molar-refractivity contribution in [3.8, 4) is 0 Å². The van der Waals surface area contributed by atoms with E-state index >= 15 is 0 Å². The van der Waals surface area contributed by atoms with Gasteiger partial charge in [0.05, 0.1) is 4.92 Å². The first-order chi connectivity index (χ1) is 8.06. The lowest BCUT2D eigenvalue weighted by molar-refractivity contribution is -0.384. The second kappa shape index (κ2) is 6.34. The van der Waals surface area contributed by atoms with Gasteiger partial charge in [0, 0.05) is 36.6 Å². The summed E-state index contributed by atoms with van der Waals surface area (Å²) >= 11 is 3.29. The molecule has 0 aliphatic rings. The Bertz CT molecular complexity index is 423. The molecule has 1 aromatic carbocycles. The minimum absolute atomic E-state index is 0.0651. The van der Waals surface area contributed by atoms with E-state index in [-0.39, 0.29) is 11.6 Å². The molecule has 5 nitrogen and oxygen atoms in total. The van der Waals surface area contributed by atoms with Crippen LogP contribution in [0.4, 0.5) is 5.69 Å². The summed E-state index contributed by atoms with van der Waals surface area (Å²) in [6, 6.07) is 5.77. The number of hydrogen-bond acceptors (Lipinski definition) is 3. The van der Waals surface area contributed by atoms with Crippen molar-refractivity contribution < 1.29 is 9.72 Å². The Hall–Kier alpha value is -1.43. The van der Waals surface area contributed by atoms with Crippen LogP contribution in [0.15, 0.2) is 24.3 Å². The molecular weight excluding hydrogens is 288 g/mol. The van der Waals surface area contributed by atoms with Crippen LogP contribution in [-0.2, 0) is 0 Å². The fraction of sp³-hybridized carbons (Fsp3) is 0.364. The van der Waals surface area contributed by atoms with Crippen molar-refractivity contribution in [2.45, 2.75) is 6.42 Å². The summed E-state index contributed by atoms with van der Waals surface area (Å²) in [5.74, 6) is -0.199. The highest BCUT2D eigenvalue weighted by Crippen LogP contribution is 2.14. The van der Waals surface area contributed by atoms with E-state index in [4.69, 9.17) is 0 Å². The molecular formula is C11H13BrN2O3. The number of alkyl halides is 1. The quantitative estimate of drug-likeness (QED) is 0.477. The molecule has 92 valence electrons. The van der Waals surface area contributed by atoms with Gasteiger partial charge in [0.15, 0.2) is 0 Å². The summed E-state index contributed by atoms with van der Waals surface area (Å²) in [5, 5.41) is 11.4. The molecule has 0 aromatic heterocycles. The van der Waals surface area contributed by atoms with Gasteiger partial charge >= 0.3 is 0 Å². The molecule has 1 aromatic rings. The van der Waals surface area contributed by atoms with E-state index in [2.05, 4.69) is 15.9 Å². The van der Waals surface area contributed by atoms with Gasteiger partial charge in [-0.1, -0.05) is 22.0 Å². The molecule has 0 heterocycles. The van der Waals surface area contributed by atoms with Gasteiger partial charge in [0.25, 0.3) is 11.6 Å². The third-order valence-electron chi connectivity index (χ3n) is 2.28. The number of nitro groups is 1. The number of hydrogen-bond donors (Lipinski definition) is 0. The largest absolute Gasteiger partial charge is 0.342 e. The Labute approximate surface area is 108 Å². The molecule has 0 aliphatic heterocycles. The number of nitrogens with zero attached hydrogens (tertiary/aromatic N) is 2. The van der Waals surface area contributed by atoms with Crippen LogP contribution in [0.5, 0.6) is 0 Å². The molecule has 0 saturated heterocycles. The van der Waals surface area contributed by atoms with Crippen molar-refractivity contribution in [1.29, 1.82) is 0 Å². The van der Waals surface area contributed by atoms with E-state index in [1.807, 2.05) is 0 Å². The van der Waals surface area contributed by atoms with Gasteiger partial charge in [-0.15, -0.1) is 0 Å². The molecule has 0 bridgehead atoms. The van der Waals surface area contributed by atoms with Crippen LogP contribution in [0.1, 0.15) is 16.8 Å². The van der Waals surface area contributed by atoms with Gasteiger partial charge in [-0.25, -0.2) is 0 Å². The number of carbonyl (C=O) groups excluding carboxylic acids is 1. The fourth-order valence-electron chi connectivity index (χ4n) is 1.37. The van der Waals surface area contributed by atoms with E-state index in [1.54, 1.807) is 18.0 Å². The summed E-state index contributed by atoms with van der Waals surface area (Å²) < 4.78 is 0. The maximum atomic E-state index is 11.9. The molecule has 6 heteroatoms. The summed E-state index contributed by atoms with van der Waals surface area (Å²) in [7, 11) is 1.68. The topological polar surface area (TPSA) is 63.5 Å². The summed E-state index contributed by atoms with van der Waals surface area (Å²) in [5.41, 5.74) is 0.279. The number of rotatable bonds is 5. The Morgan fingerprint density at radius 1 is 1.53 bits per heavy atom. The molecule has 1 amide bonds. The predicted octanol–water partition coefficient (Wildman–Crippen LogP) is 2.45. The van der Waals surface area contributed by atoms with Crippen LogP contribution >= 0.6 is 15.9 Å². The molecule has 0 N–H and O–H groups in total. The molecule has 0 atom stereocenters. The van der Waals surface area contributed by atoms with E-state index in [9.17, 15) is 14.9 Å². The number of carbonyl (C=O) groups is 1. The lowest BCUT2D eigenvalue weighted by Crippen LogP contribution is -2.27. The maximum Gasteiger partial charge on any atom is 0.270 e. The average Bonchev–Trinajstić information content (AvgIpc) is 2.35. The highest BCUT2D eigenvalue weighted by atomic mass is 79.9. The molecule has 0 unspecified atom stereocenters. The van der Waals surface area contributed by atoms with Crippen molar-refractivity contribution in [2.75, 3.05) is 18.9 Å². The third kappa shape index (κ3) is 3.81. The number of non-ortho nitro benzene ring substituents is 1. The molecule has 0 spiro atoms. The zero-order chi connectivity index (χ0) is 12.8. The summed E-state index contributed by atoms with van der Waals surface area (Å²) in [6.07, 6.45) is 0.844. The van der Waals surface area contributed by atoms with Crippen molar-refractivity contribution in [2.24, 2.45) is 0 Å². The van der Waals surface area contributed by atoms with Crippen LogP contribution in [0.2, 0.25) is 0 Å². The zero-order valence-electron chi connectivity index (χ0n) is 9.43. The van der Waals surface area contributed by atoms with Gasteiger partial charge < -0.3 is 4.90 Å². The molecule has 0 saturated carbocycles. The SMILES string of the molecule is CN(CCCBr)C(=O)c1cccc([N+](=O)[O-])c1. The van der Waals surface area contributed by atoms with Gasteiger partial charge in [0.1, 0.15) is 0 Å². The van der Waals surface area contributed by atoms with Gasteiger partial charge in [-0.05, 0) is 12.5 Å². The Kier molecular flexibility index (Phi) is 5.09. The lowest BCUT2D eigenvalue weighted by Gasteiger charge is -2.16. The minimum Gasteiger partial charge on any atom is -0.342 e. The third-order valence-corrected chi connectivity index (χ3v) is 2.84. The van der Waals surface area contributed by atoms with Crippen LogP contribution in [0.3, 0.4) is 0 Å². The van der Waals surface area contributed by atoms with Crippen molar-refractivity contribution >= 4 is 27.5 Å². The minimum atomic E-state index is -0.505. The molecule has 17 heavy (non-hydrogen) atoms. The number of benzene rings is 1. The molecule has 0 fully saturated rings. The van der Waals surface area contributed by atoms with E-state index in [0.29, 0.717) is 12.1 Å². The summed E-state index contributed by atoms with van der Waals surface area (Å²) in [6.45, 7) is 0.618. The van der Waals surface area contributed by atoms with Crippen molar-refractivity contribution in [3.63, 3.8) is 0 Å². The standard InChI is InChI=1S/C11H13BrN2O3/c1-13(7-3-6-12)11(15)9-4-2-5-10(8-9)14(16)17/h2,4-5,8H,3,6-7H2,1H3.